The molecule has 0 saturated carbocycles. The molecule has 3 nitrogen and oxygen atoms in total. The van der Waals surface area contributed by atoms with Gasteiger partial charge in [0.25, 0.3) is 0 Å². The highest BCUT2D eigenvalue weighted by Crippen LogP contribution is 2.25. The van der Waals surface area contributed by atoms with Crippen LogP contribution in [0.2, 0.25) is 0 Å². The van der Waals surface area contributed by atoms with Gasteiger partial charge in [0.2, 0.25) is 0 Å². The van der Waals surface area contributed by atoms with E-state index in [0.29, 0.717) is 12.8 Å². The molecule has 0 heterocycles. The SMILES string of the molecule is C=CCOC(=O)C(O)(CCCCCCCCCCCCCCCC)CCCCCCCCCCCCCCCCCC. The summed E-state index contributed by atoms with van der Waals surface area (Å²) in [5.74, 6) is -0.446. The molecule has 0 saturated heterocycles. The van der Waals surface area contributed by atoms with E-state index in [4.69, 9.17) is 4.74 Å². The Morgan fingerprint density at radius 2 is 0.738 bits per heavy atom. The highest BCUT2D eigenvalue weighted by Gasteiger charge is 2.36. The van der Waals surface area contributed by atoms with Crippen molar-refractivity contribution in [3.63, 3.8) is 0 Å². The predicted octanol–water partition coefficient (Wildman–Crippen LogP) is 13.0. The molecule has 1 unspecified atom stereocenters. The van der Waals surface area contributed by atoms with Gasteiger partial charge < -0.3 is 9.84 Å². The normalized spacial score (nSPS) is 12.8. The fourth-order valence-electron chi connectivity index (χ4n) is 6.18. The van der Waals surface area contributed by atoms with Crippen LogP contribution in [-0.4, -0.2) is 23.3 Å². The van der Waals surface area contributed by atoms with Gasteiger partial charge in [-0.25, -0.2) is 4.79 Å². The van der Waals surface area contributed by atoms with Gasteiger partial charge in [0, 0.05) is 0 Å². The summed E-state index contributed by atoms with van der Waals surface area (Å²) in [5, 5.41) is 11.2. The summed E-state index contributed by atoms with van der Waals surface area (Å²) >= 11 is 0. The van der Waals surface area contributed by atoms with Gasteiger partial charge in [0.15, 0.2) is 5.60 Å². The smallest absolute Gasteiger partial charge is 0.338 e. The standard InChI is InChI=1S/C39H76O3/c1-4-7-9-11-13-15-17-19-21-22-24-26-28-30-32-34-36-39(41,38(40)42-37-6-3)35-33-31-29-27-25-23-20-18-16-14-12-10-8-5-2/h6,41H,3-5,7-37H2,1-2H3. The summed E-state index contributed by atoms with van der Waals surface area (Å²) in [4.78, 5) is 12.7. The minimum atomic E-state index is -1.32. The number of ether oxygens (including phenoxy) is 1. The van der Waals surface area contributed by atoms with E-state index in [1.165, 1.54) is 167 Å². The van der Waals surface area contributed by atoms with E-state index in [9.17, 15) is 9.90 Å². The van der Waals surface area contributed by atoms with Crippen LogP contribution in [0.15, 0.2) is 12.7 Å². The Hall–Kier alpha value is -0.830. The highest BCUT2D eigenvalue weighted by atomic mass is 16.5. The molecule has 0 aromatic carbocycles. The van der Waals surface area contributed by atoms with Crippen LogP contribution in [0.1, 0.15) is 219 Å². The number of carbonyl (C=O) groups is 1. The summed E-state index contributed by atoms with van der Waals surface area (Å²) in [6, 6.07) is 0. The lowest BCUT2D eigenvalue weighted by molar-refractivity contribution is -0.166. The van der Waals surface area contributed by atoms with Crippen molar-refractivity contribution < 1.29 is 14.6 Å². The minimum Gasteiger partial charge on any atom is -0.459 e. The number of unbranched alkanes of at least 4 members (excludes halogenated alkanes) is 28. The molecule has 0 aromatic rings. The third-order valence-electron chi connectivity index (χ3n) is 9.10. The number of aliphatic hydroxyl groups is 1. The molecular formula is C39H76O3. The minimum absolute atomic E-state index is 0.179. The summed E-state index contributed by atoms with van der Waals surface area (Å²) in [5.41, 5.74) is -1.32. The molecule has 0 bridgehead atoms. The van der Waals surface area contributed by atoms with Gasteiger partial charge in [-0.05, 0) is 25.7 Å². The number of rotatable bonds is 35. The molecule has 0 rings (SSSR count). The first kappa shape index (κ1) is 41.2. The third kappa shape index (κ3) is 28.0. The van der Waals surface area contributed by atoms with Crippen LogP contribution in [-0.2, 0) is 9.53 Å². The number of esters is 1. The molecule has 0 aliphatic rings. The quantitative estimate of drug-likeness (QED) is 0.0452. The maximum absolute atomic E-state index is 12.7. The van der Waals surface area contributed by atoms with Crippen LogP contribution in [0, 0.1) is 0 Å². The van der Waals surface area contributed by atoms with Crippen molar-refractivity contribution in [2.45, 2.75) is 225 Å². The zero-order valence-corrected chi connectivity index (χ0v) is 28.9. The highest BCUT2D eigenvalue weighted by molar-refractivity contribution is 5.79. The maximum Gasteiger partial charge on any atom is 0.338 e. The fraction of sp³-hybridized carbons (Fsp3) is 0.923. The van der Waals surface area contributed by atoms with Crippen molar-refractivity contribution in [1.82, 2.24) is 0 Å². The molecule has 3 heteroatoms. The summed E-state index contributed by atoms with van der Waals surface area (Å²) in [7, 11) is 0. The Kier molecular flexibility index (Phi) is 32.4. The van der Waals surface area contributed by atoms with E-state index < -0.39 is 11.6 Å². The molecule has 0 fully saturated rings. The van der Waals surface area contributed by atoms with Crippen molar-refractivity contribution in [2.24, 2.45) is 0 Å². The molecular weight excluding hydrogens is 516 g/mol. The molecule has 1 atom stereocenters. The second kappa shape index (κ2) is 33.1. The van der Waals surface area contributed by atoms with Crippen LogP contribution >= 0.6 is 0 Å². The van der Waals surface area contributed by atoms with Gasteiger partial charge in [-0.3, -0.25) is 0 Å². The van der Waals surface area contributed by atoms with Crippen molar-refractivity contribution in [1.29, 1.82) is 0 Å². The Morgan fingerprint density at radius 1 is 0.500 bits per heavy atom. The first-order valence-corrected chi connectivity index (χ1v) is 19.1. The second-order valence-electron chi connectivity index (χ2n) is 13.3. The fourth-order valence-corrected chi connectivity index (χ4v) is 6.18. The summed E-state index contributed by atoms with van der Waals surface area (Å²) in [6.45, 7) is 8.39. The van der Waals surface area contributed by atoms with Crippen LogP contribution < -0.4 is 0 Å². The van der Waals surface area contributed by atoms with E-state index in [1.54, 1.807) is 6.08 Å². The number of hydrogen-bond donors (Lipinski definition) is 1. The lowest BCUT2D eigenvalue weighted by Gasteiger charge is -2.26. The second-order valence-corrected chi connectivity index (χ2v) is 13.3. The molecule has 42 heavy (non-hydrogen) atoms. The monoisotopic (exact) mass is 593 g/mol. The zero-order valence-electron chi connectivity index (χ0n) is 28.9. The van der Waals surface area contributed by atoms with E-state index in [2.05, 4.69) is 20.4 Å². The van der Waals surface area contributed by atoms with Crippen molar-refractivity contribution in [3.8, 4) is 0 Å². The summed E-state index contributed by atoms with van der Waals surface area (Å²) < 4.78 is 5.30. The van der Waals surface area contributed by atoms with Gasteiger partial charge in [0.1, 0.15) is 6.61 Å². The average Bonchev–Trinajstić information content (AvgIpc) is 2.99. The van der Waals surface area contributed by atoms with Crippen molar-refractivity contribution in [3.05, 3.63) is 12.7 Å². The topological polar surface area (TPSA) is 46.5 Å². The molecule has 0 amide bonds. The molecule has 0 aliphatic heterocycles. The van der Waals surface area contributed by atoms with Crippen LogP contribution in [0.5, 0.6) is 0 Å². The maximum atomic E-state index is 12.7. The molecule has 1 N–H and O–H groups in total. The Labute approximate surface area is 264 Å². The Bertz CT molecular complexity index is 560. The number of carbonyl (C=O) groups excluding carboxylic acids is 1. The van der Waals surface area contributed by atoms with Gasteiger partial charge in [-0.15, -0.1) is 0 Å². The van der Waals surface area contributed by atoms with Crippen molar-refractivity contribution in [2.75, 3.05) is 6.61 Å². The molecule has 0 aromatic heterocycles. The van der Waals surface area contributed by atoms with Gasteiger partial charge >= 0.3 is 5.97 Å². The lowest BCUT2D eigenvalue weighted by atomic mass is 9.89. The molecule has 0 spiro atoms. The van der Waals surface area contributed by atoms with Gasteiger partial charge in [-0.2, -0.15) is 0 Å². The van der Waals surface area contributed by atoms with Gasteiger partial charge in [0.05, 0.1) is 0 Å². The zero-order chi connectivity index (χ0) is 30.8. The molecule has 0 aliphatic carbocycles. The lowest BCUT2D eigenvalue weighted by Crippen LogP contribution is -2.40. The summed E-state index contributed by atoms with van der Waals surface area (Å²) in [6.07, 6.45) is 42.1. The largest absolute Gasteiger partial charge is 0.459 e. The third-order valence-corrected chi connectivity index (χ3v) is 9.10. The van der Waals surface area contributed by atoms with Gasteiger partial charge in [-0.1, -0.05) is 206 Å². The van der Waals surface area contributed by atoms with E-state index >= 15 is 0 Å². The van der Waals surface area contributed by atoms with Crippen LogP contribution in [0.25, 0.3) is 0 Å². The average molecular weight is 593 g/mol. The van der Waals surface area contributed by atoms with Crippen molar-refractivity contribution >= 4 is 5.97 Å². The first-order chi connectivity index (χ1) is 20.6. The van der Waals surface area contributed by atoms with Crippen LogP contribution in [0.3, 0.4) is 0 Å². The first-order valence-electron chi connectivity index (χ1n) is 19.1. The Balaban J connectivity index is 3.83. The predicted molar refractivity (Wildman–Crippen MR) is 185 cm³/mol. The Morgan fingerprint density at radius 3 is 0.976 bits per heavy atom. The molecule has 0 radical (unpaired) electrons. The number of hydrogen-bond acceptors (Lipinski definition) is 3. The van der Waals surface area contributed by atoms with E-state index in [0.717, 1.165) is 25.7 Å². The molecule has 250 valence electrons. The van der Waals surface area contributed by atoms with E-state index in [-0.39, 0.29) is 6.61 Å². The van der Waals surface area contributed by atoms with E-state index in [1.807, 2.05) is 0 Å². The van der Waals surface area contributed by atoms with Crippen LogP contribution in [0.4, 0.5) is 0 Å².